The van der Waals surface area contributed by atoms with Crippen LogP contribution in [0.5, 0.6) is 5.75 Å². The minimum Gasteiger partial charge on any atom is -0.491 e. The Morgan fingerprint density at radius 3 is 2.11 bits per heavy atom. The summed E-state index contributed by atoms with van der Waals surface area (Å²) in [7, 11) is 0. The molecule has 0 saturated heterocycles. The Balaban J connectivity index is 1.23. The van der Waals surface area contributed by atoms with Crippen molar-refractivity contribution in [2.75, 3.05) is 6.61 Å². The topological polar surface area (TPSA) is 9.23 Å². The fourth-order valence-electron chi connectivity index (χ4n) is 5.59. The van der Waals surface area contributed by atoms with Crippen molar-refractivity contribution in [2.45, 2.75) is 84.0 Å². The van der Waals surface area contributed by atoms with Gasteiger partial charge in [-0.3, -0.25) is 0 Å². The van der Waals surface area contributed by atoms with Gasteiger partial charge < -0.3 is 4.74 Å². The van der Waals surface area contributed by atoms with Gasteiger partial charge in [-0.25, -0.2) is 4.39 Å². The zero-order chi connectivity index (χ0) is 26.7. The molecule has 202 valence electrons. The van der Waals surface area contributed by atoms with E-state index in [1.807, 2.05) is 12.1 Å². The number of rotatable bonds is 12. The smallest absolute Gasteiger partial charge is 0.201 e. The van der Waals surface area contributed by atoms with Crippen LogP contribution in [0.1, 0.15) is 87.8 Å². The molecule has 4 rings (SSSR count). The van der Waals surface area contributed by atoms with E-state index in [1.165, 1.54) is 74.1 Å². The van der Waals surface area contributed by atoms with Crippen LogP contribution in [-0.2, 0) is 12.8 Å². The minimum absolute atomic E-state index is 0.0389. The monoisotopic (exact) mass is 516 g/mol. The second kappa shape index (κ2) is 14.3. The number of ether oxygens (including phenoxy) is 1. The summed E-state index contributed by atoms with van der Waals surface area (Å²) >= 11 is 0. The number of aryl methyl sites for hydroxylation is 2. The van der Waals surface area contributed by atoms with E-state index in [9.17, 15) is 8.78 Å². The lowest BCUT2D eigenvalue weighted by molar-refractivity contribution is 0.314. The Kier molecular flexibility index (Phi) is 10.6. The molecule has 1 saturated carbocycles. The van der Waals surface area contributed by atoms with Crippen molar-refractivity contribution in [3.63, 3.8) is 0 Å². The zero-order valence-electron chi connectivity index (χ0n) is 23.0. The van der Waals surface area contributed by atoms with Crippen molar-refractivity contribution < 1.29 is 13.5 Å². The van der Waals surface area contributed by atoms with Gasteiger partial charge in [-0.2, -0.15) is 4.39 Å². The molecule has 0 heterocycles. The van der Waals surface area contributed by atoms with Gasteiger partial charge in [0.25, 0.3) is 0 Å². The Labute approximate surface area is 227 Å². The maximum absolute atomic E-state index is 14.6. The summed E-state index contributed by atoms with van der Waals surface area (Å²) in [5.41, 5.74) is 5.14. The molecular formula is C35H42F2O. The van der Waals surface area contributed by atoms with Gasteiger partial charge in [-0.15, -0.1) is 0 Å². The van der Waals surface area contributed by atoms with Gasteiger partial charge in [0, 0.05) is 5.56 Å². The van der Waals surface area contributed by atoms with Crippen LogP contribution in [0.4, 0.5) is 8.78 Å². The average molecular weight is 517 g/mol. The first-order valence-corrected chi connectivity index (χ1v) is 14.5. The van der Waals surface area contributed by atoms with Crippen LogP contribution in [0.3, 0.4) is 0 Å². The van der Waals surface area contributed by atoms with Gasteiger partial charge in [0.2, 0.25) is 5.82 Å². The first-order valence-electron chi connectivity index (χ1n) is 14.5. The van der Waals surface area contributed by atoms with Crippen molar-refractivity contribution in [3.8, 4) is 16.9 Å². The lowest BCUT2D eigenvalue weighted by Gasteiger charge is -2.27. The molecule has 0 aromatic heterocycles. The van der Waals surface area contributed by atoms with E-state index < -0.39 is 11.6 Å². The largest absolute Gasteiger partial charge is 0.491 e. The normalized spacial score (nSPS) is 17.7. The Hall–Kier alpha value is -2.94. The maximum Gasteiger partial charge on any atom is 0.201 e. The zero-order valence-corrected chi connectivity index (χ0v) is 23.0. The first kappa shape index (κ1) is 28.1. The highest BCUT2D eigenvalue weighted by molar-refractivity contribution is 5.65. The van der Waals surface area contributed by atoms with Crippen LogP contribution in [0, 0.1) is 17.6 Å². The Morgan fingerprint density at radius 1 is 0.763 bits per heavy atom. The molecule has 0 amide bonds. The molecule has 0 radical (unpaired) electrons. The summed E-state index contributed by atoms with van der Waals surface area (Å²) in [6.45, 7) is 4.31. The number of hydrogen-bond donors (Lipinski definition) is 0. The molecule has 3 aromatic rings. The van der Waals surface area contributed by atoms with Gasteiger partial charge in [0.15, 0.2) is 11.6 Å². The molecule has 0 spiro atoms. The highest BCUT2D eigenvalue weighted by atomic mass is 19.2. The van der Waals surface area contributed by atoms with Gasteiger partial charge in [0.1, 0.15) is 0 Å². The predicted octanol–water partition coefficient (Wildman–Crippen LogP) is 10.2. The number of halogens is 2. The van der Waals surface area contributed by atoms with Crippen LogP contribution in [-0.4, -0.2) is 6.61 Å². The predicted molar refractivity (Wildman–Crippen MR) is 155 cm³/mol. The molecule has 1 nitrogen and oxygen atoms in total. The van der Waals surface area contributed by atoms with Crippen LogP contribution in [0.15, 0.2) is 72.8 Å². The molecule has 1 aliphatic carbocycles. The van der Waals surface area contributed by atoms with Crippen LogP contribution in [0.25, 0.3) is 11.1 Å². The molecule has 0 unspecified atom stereocenters. The standard InChI is InChI=1S/C35H42F2O/c1-3-5-6-9-26-12-14-27(15-13-26)10-7-8-11-28-16-18-29(19-17-28)30-20-22-31(23-21-30)32-24-25-33(38-4-2)35(37)34(32)36/h8,11-15,20-25,28-29H,3-7,9-10,16-19H2,1-2H3/b11-8+. The van der Waals surface area contributed by atoms with Crippen molar-refractivity contribution in [3.05, 3.63) is 101 Å². The number of unbranched alkanes of at least 4 members (excludes halogenated alkanes) is 2. The fraction of sp³-hybridized carbons (Fsp3) is 0.429. The Morgan fingerprint density at radius 2 is 1.45 bits per heavy atom. The fourth-order valence-corrected chi connectivity index (χ4v) is 5.59. The summed E-state index contributed by atoms with van der Waals surface area (Å²) in [6, 6.07) is 20.3. The van der Waals surface area contributed by atoms with E-state index in [2.05, 4.69) is 55.5 Å². The first-order chi connectivity index (χ1) is 18.6. The molecule has 3 heteroatoms. The van der Waals surface area contributed by atoms with Crippen LogP contribution in [0.2, 0.25) is 0 Å². The van der Waals surface area contributed by atoms with Gasteiger partial charge in [-0.1, -0.05) is 80.4 Å². The third-order valence-electron chi connectivity index (χ3n) is 7.91. The van der Waals surface area contributed by atoms with E-state index in [4.69, 9.17) is 4.74 Å². The molecule has 38 heavy (non-hydrogen) atoms. The quantitative estimate of drug-likeness (QED) is 0.172. The van der Waals surface area contributed by atoms with E-state index in [0.717, 1.165) is 12.8 Å². The van der Waals surface area contributed by atoms with Crippen LogP contribution >= 0.6 is 0 Å². The van der Waals surface area contributed by atoms with Crippen molar-refractivity contribution in [1.82, 2.24) is 0 Å². The highest BCUT2D eigenvalue weighted by Crippen LogP contribution is 2.37. The van der Waals surface area contributed by atoms with E-state index >= 15 is 0 Å². The lowest BCUT2D eigenvalue weighted by atomic mass is 9.78. The second-order valence-electron chi connectivity index (χ2n) is 10.6. The molecule has 0 N–H and O–H groups in total. The van der Waals surface area contributed by atoms with Crippen LogP contribution < -0.4 is 4.74 Å². The molecule has 0 aliphatic heterocycles. The molecule has 0 bridgehead atoms. The summed E-state index contributed by atoms with van der Waals surface area (Å²) in [5.74, 6) is -0.618. The third-order valence-corrected chi connectivity index (χ3v) is 7.91. The maximum atomic E-state index is 14.6. The number of benzene rings is 3. The SMILES string of the molecule is CCCCCc1ccc(CC/C=C/C2CCC(c3ccc(-c4ccc(OCC)c(F)c4F)cc3)CC2)cc1. The van der Waals surface area contributed by atoms with Crippen molar-refractivity contribution in [2.24, 2.45) is 5.92 Å². The molecule has 0 atom stereocenters. The molecule has 3 aromatic carbocycles. The summed E-state index contributed by atoms with van der Waals surface area (Å²) in [5, 5.41) is 0. The van der Waals surface area contributed by atoms with E-state index in [0.29, 0.717) is 24.0 Å². The lowest BCUT2D eigenvalue weighted by Crippen LogP contribution is -2.11. The van der Waals surface area contributed by atoms with Gasteiger partial charge in [0.05, 0.1) is 6.61 Å². The molecular weight excluding hydrogens is 474 g/mol. The Bertz CT molecular complexity index is 1160. The summed E-state index contributed by atoms with van der Waals surface area (Å²) in [6.07, 6.45) is 16.8. The van der Waals surface area contributed by atoms with Gasteiger partial charge in [-0.05, 0) is 105 Å². The molecule has 1 fully saturated rings. The van der Waals surface area contributed by atoms with Crippen molar-refractivity contribution >= 4 is 0 Å². The highest BCUT2D eigenvalue weighted by Gasteiger charge is 2.21. The number of allylic oxidation sites excluding steroid dienone is 2. The summed E-state index contributed by atoms with van der Waals surface area (Å²) in [4.78, 5) is 0. The van der Waals surface area contributed by atoms with Gasteiger partial charge >= 0.3 is 0 Å². The van der Waals surface area contributed by atoms with E-state index in [-0.39, 0.29) is 11.3 Å². The average Bonchev–Trinajstić information content (AvgIpc) is 2.95. The molecule has 1 aliphatic rings. The second-order valence-corrected chi connectivity index (χ2v) is 10.6. The minimum atomic E-state index is -0.921. The summed E-state index contributed by atoms with van der Waals surface area (Å²) < 4.78 is 34.1. The number of hydrogen-bond acceptors (Lipinski definition) is 1. The third kappa shape index (κ3) is 7.56. The van der Waals surface area contributed by atoms with E-state index in [1.54, 1.807) is 13.0 Å². The van der Waals surface area contributed by atoms with Crippen molar-refractivity contribution in [1.29, 1.82) is 0 Å².